The second-order valence-corrected chi connectivity index (χ2v) is 6.51. The van der Waals surface area contributed by atoms with Crippen LogP contribution in [0.5, 0.6) is 0 Å². The maximum absolute atomic E-state index is 12.8. The molecule has 23 heavy (non-hydrogen) atoms. The van der Waals surface area contributed by atoms with Gasteiger partial charge in [-0.3, -0.25) is 19.4 Å². The Labute approximate surface area is 137 Å². The lowest BCUT2D eigenvalue weighted by molar-refractivity contribution is -0.159. The van der Waals surface area contributed by atoms with Crippen LogP contribution in [0.3, 0.4) is 0 Å². The highest BCUT2D eigenvalue weighted by atomic mass is 16.2. The number of nitrogens with one attached hydrogen (secondary N) is 2. The summed E-state index contributed by atoms with van der Waals surface area (Å²) >= 11 is 0. The van der Waals surface area contributed by atoms with Gasteiger partial charge in [-0.05, 0) is 31.7 Å². The van der Waals surface area contributed by atoms with Crippen LogP contribution in [0.4, 0.5) is 0 Å². The topological polar surface area (TPSA) is 108 Å². The molecule has 1 heterocycles. The van der Waals surface area contributed by atoms with Gasteiger partial charge in [0.2, 0.25) is 11.8 Å². The number of nitrogens with zero attached hydrogens (tertiary/aromatic N) is 2. The predicted molar refractivity (Wildman–Crippen MR) is 87.0 cm³/mol. The zero-order valence-corrected chi connectivity index (χ0v) is 14.5. The van der Waals surface area contributed by atoms with Crippen LogP contribution in [-0.2, 0) is 14.4 Å². The molecule has 4 N–H and O–H groups in total. The van der Waals surface area contributed by atoms with Gasteiger partial charge in [-0.15, -0.1) is 0 Å². The number of carbonyl (C=O) groups is 3. The highest BCUT2D eigenvalue weighted by Crippen LogP contribution is 2.17. The average molecular weight is 327 g/mol. The van der Waals surface area contributed by atoms with E-state index in [1.807, 2.05) is 13.8 Å². The third-order valence-corrected chi connectivity index (χ3v) is 3.74. The van der Waals surface area contributed by atoms with Crippen LogP contribution in [0.25, 0.3) is 0 Å². The first-order valence-corrected chi connectivity index (χ1v) is 8.03. The highest BCUT2D eigenvalue weighted by molar-refractivity contribution is 5.91. The summed E-state index contributed by atoms with van der Waals surface area (Å²) in [6.45, 7) is 4.55. The fraction of sp³-hybridized carbons (Fsp3) is 0.800. The molecular weight excluding hydrogens is 298 g/mol. The van der Waals surface area contributed by atoms with Gasteiger partial charge < -0.3 is 16.4 Å². The highest BCUT2D eigenvalue weighted by Gasteiger charge is 2.36. The van der Waals surface area contributed by atoms with Gasteiger partial charge in [0.05, 0.1) is 12.6 Å². The lowest BCUT2D eigenvalue weighted by Gasteiger charge is -2.37. The maximum Gasteiger partial charge on any atom is 0.254 e. The summed E-state index contributed by atoms with van der Waals surface area (Å²) in [6, 6.07) is -0.935. The normalized spacial score (nSPS) is 19.0. The second kappa shape index (κ2) is 8.83. The Morgan fingerprint density at radius 3 is 2.39 bits per heavy atom. The minimum absolute atomic E-state index is 0.118. The van der Waals surface area contributed by atoms with Crippen molar-refractivity contribution in [1.82, 2.24) is 20.7 Å². The van der Waals surface area contributed by atoms with Crippen LogP contribution in [0, 0.1) is 5.92 Å². The van der Waals surface area contributed by atoms with E-state index in [9.17, 15) is 14.4 Å². The summed E-state index contributed by atoms with van der Waals surface area (Å²) < 4.78 is 0. The minimum atomic E-state index is -0.667. The Balaban J connectivity index is 2.94. The van der Waals surface area contributed by atoms with Crippen molar-refractivity contribution in [3.8, 4) is 0 Å². The fourth-order valence-electron chi connectivity index (χ4n) is 2.74. The van der Waals surface area contributed by atoms with E-state index in [-0.39, 0.29) is 30.3 Å². The third-order valence-electron chi connectivity index (χ3n) is 3.74. The molecule has 3 amide bonds. The van der Waals surface area contributed by atoms with Crippen molar-refractivity contribution >= 4 is 17.7 Å². The monoisotopic (exact) mass is 327 g/mol. The number of amides is 3. The summed E-state index contributed by atoms with van der Waals surface area (Å²) in [6.07, 6.45) is 2.21. The minimum Gasteiger partial charge on any atom is -0.368 e. The van der Waals surface area contributed by atoms with Gasteiger partial charge in [0, 0.05) is 14.1 Å². The lowest BCUT2D eigenvalue weighted by atomic mass is 10.0. The van der Waals surface area contributed by atoms with E-state index in [2.05, 4.69) is 10.6 Å². The Morgan fingerprint density at radius 2 is 1.96 bits per heavy atom. The van der Waals surface area contributed by atoms with E-state index in [4.69, 9.17) is 5.73 Å². The van der Waals surface area contributed by atoms with E-state index >= 15 is 0 Å². The quantitative estimate of drug-likeness (QED) is 0.499. The smallest absolute Gasteiger partial charge is 0.254 e. The molecule has 0 aromatic carbocycles. The first-order valence-electron chi connectivity index (χ1n) is 8.03. The van der Waals surface area contributed by atoms with Crippen molar-refractivity contribution in [2.45, 2.75) is 45.2 Å². The lowest BCUT2D eigenvalue weighted by Crippen LogP contribution is -2.59. The first kappa shape index (κ1) is 19.4. The Kier molecular flexibility index (Phi) is 7.44. The molecule has 0 spiro atoms. The van der Waals surface area contributed by atoms with Crippen LogP contribution in [0.1, 0.15) is 33.1 Å². The number of rotatable bonds is 8. The fourth-order valence-corrected chi connectivity index (χ4v) is 2.74. The van der Waals surface area contributed by atoms with Crippen molar-refractivity contribution < 1.29 is 14.4 Å². The van der Waals surface area contributed by atoms with E-state index < -0.39 is 11.9 Å². The zero-order valence-electron chi connectivity index (χ0n) is 14.5. The maximum atomic E-state index is 12.8. The molecule has 0 radical (unpaired) electrons. The number of hydrazine groups is 1. The van der Waals surface area contributed by atoms with Crippen LogP contribution in [-0.4, -0.2) is 67.0 Å². The third kappa shape index (κ3) is 5.80. The van der Waals surface area contributed by atoms with Gasteiger partial charge in [0.25, 0.3) is 5.91 Å². The van der Waals surface area contributed by atoms with E-state index in [0.717, 1.165) is 19.4 Å². The molecule has 1 saturated heterocycles. The van der Waals surface area contributed by atoms with Gasteiger partial charge in [0.15, 0.2) is 0 Å². The van der Waals surface area contributed by atoms with Crippen molar-refractivity contribution in [3.05, 3.63) is 0 Å². The summed E-state index contributed by atoms with van der Waals surface area (Å²) in [4.78, 5) is 36.2. The van der Waals surface area contributed by atoms with Gasteiger partial charge in [-0.25, -0.2) is 5.01 Å². The number of carbonyl (C=O) groups excluding carboxylic acids is 3. The molecule has 0 aromatic heterocycles. The molecule has 8 heteroatoms. The van der Waals surface area contributed by atoms with Crippen LogP contribution in [0.15, 0.2) is 0 Å². The van der Waals surface area contributed by atoms with E-state index in [0.29, 0.717) is 6.42 Å². The van der Waals surface area contributed by atoms with Crippen LogP contribution < -0.4 is 16.4 Å². The molecule has 2 atom stereocenters. The molecule has 132 valence electrons. The second-order valence-electron chi connectivity index (χ2n) is 6.51. The standard InChI is InChI=1S/C15H29N5O3/c1-10(2)8-12(14(22)18-9-13(16)21)20(19(3)4)15(23)11-6-5-7-17-11/h10-12,17H,5-9H2,1-4H3,(H2,16,21)(H,18,22)/t11-,12-/m0/s1. The molecule has 8 nitrogen and oxygen atoms in total. The Bertz CT molecular complexity index is 433. The van der Waals surface area contributed by atoms with Crippen LogP contribution >= 0.6 is 0 Å². The van der Waals surface area contributed by atoms with Gasteiger partial charge >= 0.3 is 0 Å². The largest absolute Gasteiger partial charge is 0.368 e. The van der Waals surface area contributed by atoms with Crippen LogP contribution in [0.2, 0.25) is 0 Å². The average Bonchev–Trinajstić information content (AvgIpc) is 2.97. The van der Waals surface area contributed by atoms with Crippen molar-refractivity contribution in [2.75, 3.05) is 27.2 Å². The molecule has 1 fully saturated rings. The van der Waals surface area contributed by atoms with Gasteiger partial charge in [-0.1, -0.05) is 13.8 Å². The van der Waals surface area contributed by atoms with E-state index in [1.54, 1.807) is 19.1 Å². The van der Waals surface area contributed by atoms with Crippen molar-refractivity contribution in [2.24, 2.45) is 11.7 Å². The number of primary amides is 1. The van der Waals surface area contributed by atoms with Gasteiger partial charge in [-0.2, -0.15) is 0 Å². The molecule has 0 unspecified atom stereocenters. The SMILES string of the molecule is CC(C)C[C@@H](C(=O)NCC(N)=O)N(C(=O)[C@@H]1CCCN1)N(C)C. The van der Waals surface area contributed by atoms with Crippen molar-refractivity contribution in [1.29, 1.82) is 0 Å². The van der Waals surface area contributed by atoms with Gasteiger partial charge in [0.1, 0.15) is 6.04 Å². The van der Waals surface area contributed by atoms with E-state index in [1.165, 1.54) is 5.01 Å². The number of hydrogen-bond donors (Lipinski definition) is 3. The summed E-state index contributed by atoms with van der Waals surface area (Å²) in [5, 5.41) is 8.80. The molecule has 1 aliphatic rings. The molecule has 0 saturated carbocycles. The summed E-state index contributed by atoms with van der Waals surface area (Å²) in [7, 11) is 3.48. The Hall–Kier alpha value is -1.67. The Morgan fingerprint density at radius 1 is 1.30 bits per heavy atom. The number of hydrogen-bond acceptors (Lipinski definition) is 5. The summed E-state index contributed by atoms with van der Waals surface area (Å²) in [5.41, 5.74) is 5.08. The zero-order chi connectivity index (χ0) is 17.6. The molecule has 1 aliphatic heterocycles. The molecule has 0 aliphatic carbocycles. The predicted octanol–water partition coefficient (Wildman–Crippen LogP) is -0.940. The first-order chi connectivity index (χ1) is 10.7. The molecular formula is C15H29N5O3. The molecule has 0 bridgehead atoms. The summed E-state index contributed by atoms with van der Waals surface area (Å²) in [5.74, 6) is -0.877. The van der Waals surface area contributed by atoms with Crippen molar-refractivity contribution in [3.63, 3.8) is 0 Å². The molecule has 0 aromatic rings. The number of nitrogens with two attached hydrogens (primary N) is 1. The molecule has 1 rings (SSSR count).